The van der Waals surface area contributed by atoms with Crippen LogP contribution in [0.3, 0.4) is 0 Å². The Kier molecular flexibility index (Phi) is 5.75. The number of benzene rings is 1. The number of aliphatic hydroxyl groups excluding tert-OH is 1. The predicted molar refractivity (Wildman–Crippen MR) is 69.5 cm³/mol. The van der Waals surface area contributed by atoms with Crippen molar-refractivity contribution in [3.05, 3.63) is 23.8 Å². The summed E-state index contributed by atoms with van der Waals surface area (Å²) in [4.78, 5) is 13.6. The minimum atomic E-state index is -0.656. The molecule has 0 spiro atoms. The van der Waals surface area contributed by atoms with Gasteiger partial charge in [-0.05, 0) is 25.2 Å². The first-order chi connectivity index (χ1) is 8.93. The van der Waals surface area contributed by atoms with Crippen LogP contribution >= 0.6 is 0 Å². The van der Waals surface area contributed by atoms with Gasteiger partial charge in [-0.2, -0.15) is 0 Å². The molecule has 0 radical (unpaired) electrons. The summed E-state index contributed by atoms with van der Waals surface area (Å²) in [5.74, 6) is -0.796. The van der Waals surface area contributed by atoms with Gasteiger partial charge >= 0.3 is 0 Å². The first kappa shape index (κ1) is 15.4. The lowest BCUT2D eigenvalue weighted by atomic mass is 10.1. The van der Waals surface area contributed by atoms with E-state index in [1.54, 1.807) is 11.9 Å². The second-order valence-corrected chi connectivity index (χ2v) is 4.43. The normalized spacial score (nSPS) is 12.6. The fourth-order valence-electron chi connectivity index (χ4n) is 1.70. The molecule has 106 valence electrons. The number of phenolic OH excluding ortho intramolecular Hbond substituents is 2. The number of methoxy groups -OCH3 is 1. The maximum absolute atomic E-state index is 11.9. The molecule has 0 heterocycles. The third-order valence-corrected chi connectivity index (χ3v) is 2.59. The molecule has 6 heteroatoms. The summed E-state index contributed by atoms with van der Waals surface area (Å²) in [7, 11) is 3.20. The smallest absolute Gasteiger partial charge is 0.176 e. The van der Waals surface area contributed by atoms with E-state index in [0.717, 1.165) is 0 Å². The Labute approximate surface area is 111 Å². The number of Topliss-reactive ketones (excluding diaryl/α,β-unsaturated/α-hetero) is 1. The average Bonchev–Trinajstić information content (AvgIpc) is 2.32. The summed E-state index contributed by atoms with van der Waals surface area (Å²) in [6.07, 6.45) is -0.656. The van der Waals surface area contributed by atoms with Crippen LogP contribution in [0.1, 0.15) is 10.4 Å². The van der Waals surface area contributed by atoms with Crippen molar-refractivity contribution in [2.75, 3.05) is 33.9 Å². The van der Waals surface area contributed by atoms with Crippen LogP contribution in [0.5, 0.6) is 11.5 Å². The molecule has 0 aromatic heterocycles. The zero-order valence-corrected chi connectivity index (χ0v) is 11.0. The molecule has 6 nitrogen and oxygen atoms in total. The Morgan fingerprint density at radius 1 is 1.37 bits per heavy atom. The Morgan fingerprint density at radius 2 is 2.05 bits per heavy atom. The average molecular weight is 269 g/mol. The number of carbonyl (C=O) groups is 1. The van der Waals surface area contributed by atoms with E-state index in [1.165, 1.54) is 25.3 Å². The van der Waals surface area contributed by atoms with Gasteiger partial charge in [0.2, 0.25) is 0 Å². The molecular weight excluding hydrogens is 250 g/mol. The van der Waals surface area contributed by atoms with E-state index in [1.807, 2.05) is 0 Å². The van der Waals surface area contributed by atoms with Gasteiger partial charge in [0.15, 0.2) is 17.3 Å². The van der Waals surface area contributed by atoms with Gasteiger partial charge in [0, 0.05) is 19.2 Å². The number of nitrogens with zero attached hydrogens (tertiary/aromatic N) is 1. The number of ketones is 1. The Morgan fingerprint density at radius 3 is 2.63 bits per heavy atom. The number of ether oxygens (including phenoxy) is 1. The van der Waals surface area contributed by atoms with E-state index < -0.39 is 6.10 Å². The second kappa shape index (κ2) is 7.08. The van der Waals surface area contributed by atoms with Crippen molar-refractivity contribution in [1.29, 1.82) is 0 Å². The summed E-state index contributed by atoms with van der Waals surface area (Å²) in [5, 5.41) is 28.0. The molecule has 0 aliphatic carbocycles. The van der Waals surface area contributed by atoms with Crippen LogP contribution in [0.4, 0.5) is 0 Å². The highest BCUT2D eigenvalue weighted by Crippen LogP contribution is 2.25. The molecule has 0 amide bonds. The lowest BCUT2D eigenvalue weighted by Gasteiger charge is -2.19. The molecule has 1 rings (SSSR count). The molecular formula is C13H19NO5. The van der Waals surface area contributed by atoms with Crippen molar-refractivity contribution >= 4 is 5.78 Å². The highest BCUT2D eigenvalue weighted by Gasteiger charge is 2.14. The van der Waals surface area contributed by atoms with Crippen LogP contribution in [-0.2, 0) is 4.74 Å². The van der Waals surface area contributed by atoms with E-state index in [9.17, 15) is 15.0 Å². The fraction of sp³-hybridized carbons (Fsp3) is 0.462. The number of hydrogen-bond acceptors (Lipinski definition) is 6. The van der Waals surface area contributed by atoms with Crippen molar-refractivity contribution in [2.24, 2.45) is 0 Å². The number of carbonyl (C=O) groups excluding carboxylic acids is 1. The van der Waals surface area contributed by atoms with Crippen molar-refractivity contribution < 1.29 is 24.9 Å². The minimum absolute atomic E-state index is 0.102. The summed E-state index contributed by atoms with van der Waals surface area (Å²) >= 11 is 0. The van der Waals surface area contributed by atoms with Crippen LogP contribution in [-0.4, -0.2) is 66.0 Å². The molecule has 0 saturated heterocycles. The largest absolute Gasteiger partial charge is 0.504 e. The van der Waals surface area contributed by atoms with Gasteiger partial charge in [0.25, 0.3) is 0 Å². The van der Waals surface area contributed by atoms with Crippen molar-refractivity contribution in [3.63, 3.8) is 0 Å². The fourth-order valence-corrected chi connectivity index (χ4v) is 1.70. The molecule has 1 unspecified atom stereocenters. The van der Waals surface area contributed by atoms with Crippen molar-refractivity contribution in [3.8, 4) is 11.5 Å². The van der Waals surface area contributed by atoms with Crippen LogP contribution < -0.4 is 0 Å². The summed E-state index contributed by atoms with van der Waals surface area (Å²) in [6, 6.07) is 3.93. The maximum Gasteiger partial charge on any atom is 0.176 e. The molecule has 1 atom stereocenters. The van der Waals surface area contributed by atoms with Gasteiger partial charge in [0.05, 0.1) is 19.3 Å². The summed E-state index contributed by atoms with van der Waals surface area (Å²) in [6.45, 7) is 0.618. The molecule has 19 heavy (non-hydrogen) atoms. The van der Waals surface area contributed by atoms with E-state index in [-0.39, 0.29) is 30.4 Å². The second-order valence-electron chi connectivity index (χ2n) is 4.43. The van der Waals surface area contributed by atoms with Gasteiger partial charge in [-0.25, -0.2) is 0 Å². The summed E-state index contributed by atoms with van der Waals surface area (Å²) < 4.78 is 4.80. The third kappa shape index (κ3) is 4.86. The molecule has 3 N–H and O–H groups in total. The molecule has 1 aromatic rings. The Hall–Kier alpha value is -1.63. The number of hydrogen-bond donors (Lipinski definition) is 3. The van der Waals surface area contributed by atoms with Crippen LogP contribution in [0.2, 0.25) is 0 Å². The lowest BCUT2D eigenvalue weighted by molar-refractivity contribution is 0.0427. The monoisotopic (exact) mass is 269 g/mol. The van der Waals surface area contributed by atoms with Gasteiger partial charge in [0.1, 0.15) is 0 Å². The van der Waals surface area contributed by atoms with E-state index in [4.69, 9.17) is 9.84 Å². The molecule has 0 aliphatic rings. The number of rotatable bonds is 7. The first-order valence-electron chi connectivity index (χ1n) is 5.84. The van der Waals surface area contributed by atoms with E-state index in [2.05, 4.69) is 0 Å². The highest BCUT2D eigenvalue weighted by molar-refractivity contribution is 5.98. The Balaban J connectivity index is 2.56. The maximum atomic E-state index is 11.9. The van der Waals surface area contributed by atoms with Crippen LogP contribution in [0, 0.1) is 0 Å². The van der Waals surface area contributed by atoms with Gasteiger partial charge in [-0.3, -0.25) is 9.69 Å². The highest BCUT2D eigenvalue weighted by atomic mass is 16.5. The van der Waals surface area contributed by atoms with Gasteiger partial charge in [-0.15, -0.1) is 0 Å². The predicted octanol–water partition coefficient (Wildman–Crippen LogP) is 0.220. The Bertz CT molecular complexity index is 435. The molecule has 0 saturated carbocycles. The first-order valence-corrected chi connectivity index (χ1v) is 5.84. The minimum Gasteiger partial charge on any atom is -0.504 e. The van der Waals surface area contributed by atoms with E-state index >= 15 is 0 Å². The standard InChI is InChI=1S/C13H19NO5/c1-14(6-10(15)8-19-2)7-13(18)9-3-4-11(16)12(17)5-9/h3-5,10,15-17H,6-8H2,1-2H3. The zero-order valence-electron chi connectivity index (χ0n) is 11.0. The van der Waals surface area contributed by atoms with Crippen LogP contribution in [0.25, 0.3) is 0 Å². The van der Waals surface area contributed by atoms with E-state index in [0.29, 0.717) is 12.1 Å². The molecule has 1 aromatic carbocycles. The van der Waals surface area contributed by atoms with Crippen LogP contribution in [0.15, 0.2) is 18.2 Å². The number of likely N-dealkylation sites (N-methyl/N-ethyl adjacent to an activating group) is 1. The summed E-state index contributed by atoms with van der Waals surface area (Å²) in [5.41, 5.74) is 0.309. The van der Waals surface area contributed by atoms with Gasteiger partial charge < -0.3 is 20.1 Å². The van der Waals surface area contributed by atoms with Crippen molar-refractivity contribution in [1.82, 2.24) is 4.90 Å². The molecule has 0 bridgehead atoms. The number of aromatic hydroxyl groups is 2. The SMILES string of the molecule is COCC(O)CN(C)CC(=O)c1ccc(O)c(O)c1. The quantitative estimate of drug-likeness (QED) is 0.484. The zero-order chi connectivity index (χ0) is 14.4. The topological polar surface area (TPSA) is 90.2 Å². The third-order valence-electron chi connectivity index (χ3n) is 2.59. The number of phenols is 2. The molecule has 0 fully saturated rings. The van der Waals surface area contributed by atoms with Crippen molar-refractivity contribution in [2.45, 2.75) is 6.10 Å². The number of aliphatic hydroxyl groups is 1. The lowest BCUT2D eigenvalue weighted by Crippen LogP contribution is -2.35. The van der Waals surface area contributed by atoms with Gasteiger partial charge in [-0.1, -0.05) is 0 Å². The molecule has 0 aliphatic heterocycles.